The molecule has 0 amide bonds. The largest absolute Gasteiger partial charge is 0.327 e. The quantitative estimate of drug-likeness (QED) is 0.784. The zero-order chi connectivity index (χ0) is 14.5. The second kappa shape index (κ2) is 7.53. The molecule has 3 nitrogen and oxygen atoms in total. The van der Waals surface area contributed by atoms with E-state index in [1.165, 1.54) is 18.0 Å². The van der Waals surface area contributed by atoms with Crippen molar-refractivity contribution >= 4 is 33.2 Å². The fourth-order valence-electron chi connectivity index (χ4n) is 1.58. The molecular formula is C13H20ClNO2S2. The first-order valence-corrected chi connectivity index (χ1v) is 9.59. The topological polar surface area (TPSA) is 60.2 Å². The summed E-state index contributed by atoms with van der Waals surface area (Å²) in [6.45, 7) is 2.04. The van der Waals surface area contributed by atoms with Crippen LogP contribution in [0.15, 0.2) is 23.1 Å². The van der Waals surface area contributed by atoms with Crippen LogP contribution >= 0.6 is 23.4 Å². The molecule has 19 heavy (non-hydrogen) atoms. The first-order valence-electron chi connectivity index (χ1n) is 6.17. The summed E-state index contributed by atoms with van der Waals surface area (Å²) >= 11 is 7.73. The molecule has 0 radical (unpaired) electrons. The highest BCUT2D eigenvalue weighted by Crippen LogP contribution is 2.29. The summed E-state index contributed by atoms with van der Waals surface area (Å²) in [5.41, 5.74) is 7.00. The fourth-order valence-corrected chi connectivity index (χ4v) is 4.20. The predicted octanol–water partition coefficient (Wildman–Crippen LogP) is 2.76. The number of rotatable bonds is 7. The third kappa shape index (κ3) is 6.17. The minimum absolute atomic E-state index is 0.0779. The van der Waals surface area contributed by atoms with Gasteiger partial charge in [0.25, 0.3) is 0 Å². The standard InChI is InChI=1S/C13H20ClNO2S2/c1-3-10(15)9-11-12(14)5-4-6-13(11)18-7-8-19(2,16)17/h4-6,10H,3,7-9,15H2,1-2H3. The van der Waals surface area contributed by atoms with Crippen LogP contribution in [-0.4, -0.2) is 32.2 Å². The van der Waals surface area contributed by atoms with Crippen LogP contribution in [0.4, 0.5) is 0 Å². The van der Waals surface area contributed by atoms with Crippen LogP contribution in [0.3, 0.4) is 0 Å². The Morgan fingerprint density at radius 3 is 2.68 bits per heavy atom. The van der Waals surface area contributed by atoms with Gasteiger partial charge in [-0.05, 0) is 30.5 Å². The third-order valence-corrected chi connectivity index (χ3v) is 5.44. The molecule has 0 bridgehead atoms. The van der Waals surface area contributed by atoms with E-state index in [-0.39, 0.29) is 11.8 Å². The molecule has 0 spiro atoms. The highest BCUT2D eigenvalue weighted by molar-refractivity contribution is 8.00. The van der Waals surface area contributed by atoms with E-state index in [2.05, 4.69) is 0 Å². The predicted molar refractivity (Wildman–Crippen MR) is 83.9 cm³/mol. The number of hydrogen-bond donors (Lipinski definition) is 1. The second-order valence-electron chi connectivity index (χ2n) is 4.57. The Labute approximate surface area is 124 Å². The van der Waals surface area contributed by atoms with Crippen LogP contribution in [0, 0.1) is 0 Å². The molecule has 0 aliphatic carbocycles. The van der Waals surface area contributed by atoms with Crippen molar-refractivity contribution < 1.29 is 8.42 Å². The van der Waals surface area contributed by atoms with Gasteiger partial charge in [-0.2, -0.15) is 0 Å². The van der Waals surface area contributed by atoms with Crippen molar-refractivity contribution in [2.75, 3.05) is 17.8 Å². The van der Waals surface area contributed by atoms with E-state index in [1.54, 1.807) is 0 Å². The SMILES string of the molecule is CCC(N)Cc1c(Cl)cccc1SCCS(C)(=O)=O. The van der Waals surface area contributed by atoms with Gasteiger partial charge in [-0.25, -0.2) is 8.42 Å². The van der Waals surface area contributed by atoms with Gasteiger partial charge in [0, 0.05) is 28.0 Å². The average molecular weight is 322 g/mol. The lowest BCUT2D eigenvalue weighted by Crippen LogP contribution is -2.22. The number of hydrogen-bond acceptors (Lipinski definition) is 4. The molecule has 0 aliphatic heterocycles. The van der Waals surface area contributed by atoms with Crippen LogP contribution in [-0.2, 0) is 16.3 Å². The molecular weight excluding hydrogens is 302 g/mol. The monoisotopic (exact) mass is 321 g/mol. The first-order chi connectivity index (χ1) is 8.83. The molecule has 0 saturated carbocycles. The summed E-state index contributed by atoms with van der Waals surface area (Å²) in [6.07, 6.45) is 2.86. The van der Waals surface area contributed by atoms with Gasteiger partial charge in [0.2, 0.25) is 0 Å². The van der Waals surface area contributed by atoms with Gasteiger partial charge in [0.1, 0.15) is 9.84 Å². The highest BCUT2D eigenvalue weighted by atomic mass is 35.5. The molecule has 1 aromatic carbocycles. The van der Waals surface area contributed by atoms with Gasteiger partial charge < -0.3 is 5.73 Å². The Morgan fingerprint density at radius 2 is 2.11 bits per heavy atom. The summed E-state index contributed by atoms with van der Waals surface area (Å²) < 4.78 is 22.3. The molecule has 2 N–H and O–H groups in total. The molecule has 1 atom stereocenters. The summed E-state index contributed by atoms with van der Waals surface area (Å²) in [6, 6.07) is 5.77. The zero-order valence-corrected chi connectivity index (χ0v) is 13.6. The maximum absolute atomic E-state index is 11.1. The Kier molecular flexibility index (Phi) is 6.66. The van der Waals surface area contributed by atoms with Crippen molar-refractivity contribution in [1.29, 1.82) is 0 Å². The summed E-state index contributed by atoms with van der Waals surface area (Å²) in [4.78, 5) is 1.03. The van der Waals surface area contributed by atoms with E-state index in [0.717, 1.165) is 23.3 Å². The number of nitrogens with two attached hydrogens (primary N) is 1. The normalized spacial score (nSPS) is 13.5. The van der Waals surface area contributed by atoms with Gasteiger partial charge in [-0.15, -0.1) is 11.8 Å². The molecule has 1 unspecified atom stereocenters. The van der Waals surface area contributed by atoms with E-state index in [4.69, 9.17) is 17.3 Å². The third-order valence-electron chi connectivity index (χ3n) is 2.78. The number of thioether (sulfide) groups is 1. The summed E-state index contributed by atoms with van der Waals surface area (Å²) in [7, 11) is -2.92. The zero-order valence-electron chi connectivity index (χ0n) is 11.2. The Balaban J connectivity index is 2.79. The maximum atomic E-state index is 11.1. The highest BCUT2D eigenvalue weighted by Gasteiger charge is 2.12. The van der Waals surface area contributed by atoms with Crippen molar-refractivity contribution in [3.05, 3.63) is 28.8 Å². The smallest absolute Gasteiger partial charge is 0.148 e. The number of halogens is 1. The van der Waals surface area contributed by atoms with Crippen molar-refractivity contribution in [2.45, 2.75) is 30.7 Å². The summed E-state index contributed by atoms with van der Waals surface area (Å²) in [5, 5.41) is 0.702. The molecule has 1 aromatic rings. The molecule has 0 aliphatic rings. The van der Waals surface area contributed by atoms with E-state index in [1.807, 2.05) is 25.1 Å². The van der Waals surface area contributed by atoms with Crippen LogP contribution in [0.5, 0.6) is 0 Å². The number of benzene rings is 1. The van der Waals surface area contributed by atoms with E-state index >= 15 is 0 Å². The average Bonchev–Trinajstić information content (AvgIpc) is 2.31. The lowest BCUT2D eigenvalue weighted by atomic mass is 10.0. The fraction of sp³-hybridized carbons (Fsp3) is 0.538. The van der Waals surface area contributed by atoms with Gasteiger partial charge in [0.15, 0.2) is 0 Å². The summed E-state index contributed by atoms with van der Waals surface area (Å²) in [5.74, 6) is 0.705. The van der Waals surface area contributed by atoms with Crippen LogP contribution in [0.1, 0.15) is 18.9 Å². The van der Waals surface area contributed by atoms with E-state index in [0.29, 0.717) is 10.8 Å². The van der Waals surface area contributed by atoms with Gasteiger partial charge in [0.05, 0.1) is 5.75 Å². The van der Waals surface area contributed by atoms with Crippen molar-refractivity contribution in [1.82, 2.24) is 0 Å². The van der Waals surface area contributed by atoms with Crippen molar-refractivity contribution in [3.8, 4) is 0 Å². The maximum Gasteiger partial charge on any atom is 0.148 e. The molecule has 1 rings (SSSR count). The van der Waals surface area contributed by atoms with Gasteiger partial charge in [-0.1, -0.05) is 24.6 Å². The van der Waals surface area contributed by atoms with E-state index in [9.17, 15) is 8.42 Å². The molecule has 0 fully saturated rings. The lowest BCUT2D eigenvalue weighted by Gasteiger charge is -2.14. The van der Waals surface area contributed by atoms with Crippen molar-refractivity contribution in [3.63, 3.8) is 0 Å². The lowest BCUT2D eigenvalue weighted by molar-refractivity contribution is 0.603. The molecule has 108 valence electrons. The molecule has 6 heteroatoms. The minimum atomic E-state index is -2.92. The Hall–Kier alpha value is -0.230. The first kappa shape index (κ1) is 16.8. The van der Waals surface area contributed by atoms with E-state index < -0.39 is 9.84 Å². The minimum Gasteiger partial charge on any atom is -0.327 e. The molecule has 0 heterocycles. The second-order valence-corrected chi connectivity index (χ2v) is 8.37. The van der Waals surface area contributed by atoms with Crippen LogP contribution in [0.25, 0.3) is 0 Å². The Bertz CT molecular complexity index is 517. The van der Waals surface area contributed by atoms with Crippen LogP contribution < -0.4 is 5.73 Å². The van der Waals surface area contributed by atoms with Crippen LogP contribution in [0.2, 0.25) is 5.02 Å². The van der Waals surface area contributed by atoms with Gasteiger partial charge in [-0.3, -0.25) is 0 Å². The molecule has 0 saturated heterocycles. The van der Waals surface area contributed by atoms with Gasteiger partial charge >= 0.3 is 0 Å². The number of sulfone groups is 1. The van der Waals surface area contributed by atoms with Crippen molar-refractivity contribution in [2.24, 2.45) is 5.73 Å². The Morgan fingerprint density at radius 1 is 1.42 bits per heavy atom. The molecule has 0 aromatic heterocycles.